The van der Waals surface area contributed by atoms with Crippen LogP contribution in [-0.4, -0.2) is 25.7 Å². The summed E-state index contributed by atoms with van der Waals surface area (Å²) in [4.78, 5) is 12.4. The smallest absolute Gasteiger partial charge is 0.243 e. The van der Waals surface area contributed by atoms with Crippen molar-refractivity contribution in [2.24, 2.45) is 0 Å². The van der Waals surface area contributed by atoms with E-state index in [1.807, 2.05) is 66.7 Å². The third-order valence-corrected chi connectivity index (χ3v) is 4.65. The van der Waals surface area contributed by atoms with Crippen molar-refractivity contribution in [2.45, 2.75) is 26.2 Å². The number of nitrogens with one attached hydrogen (secondary N) is 2. The van der Waals surface area contributed by atoms with Crippen LogP contribution in [0.5, 0.6) is 11.5 Å². The maximum Gasteiger partial charge on any atom is 0.243 e. The zero-order valence-corrected chi connectivity index (χ0v) is 18.0. The lowest BCUT2D eigenvalue weighted by atomic mass is 10.1. The zero-order valence-electron chi connectivity index (χ0n) is 18.0. The quantitative estimate of drug-likeness (QED) is 0.379. The number of amides is 1. The largest absolute Gasteiger partial charge is 0.494 e. The number of ether oxygens (including phenoxy) is 2. The summed E-state index contributed by atoms with van der Waals surface area (Å²) in [6.07, 6.45) is 2.84. The van der Waals surface area contributed by atoms with Gasteiger partial charge in [-0.1, -0.05) is 49.4 Å². The van der Waals surface area contributed by atoms with Crippen LogP contribution in [-0.2, 0) is 11.2 Å². The molecule has 1 amide bonds. The van der Waals surface area contributed by atoms with E-state index < -0.39 is 0 Å². The Hall–Kier alpha value is -3.47. The number of anilines is 2. The molecule has 3 rings (SSSR count). The highest BCUT2D eigenvalue weighted by molar-refractivity contribution is 5.95. The van der Waals surface area contributed by atoms with Crippen molar-refractivity contribution in [1.82, 2.24) is 0 Å². The van der Waals surface area contributed by atoms with Crippen molar-refractivity contribution in [3.8, 4) is 11.5 Å². The number of hydrogen-bond acceptors (Lipinski definition) is 4. The monoisotopic (exact) mass is 418 g/mol. The molecule has 5 nitrogen and oxygen atoms in total. The molecule has 0 fully saturated rings. The van der Waals surface area contributed by atoms with Crippen LogP contribution in [0.2, 0.25) is 0 Å². The average Bonchev–Trinajstić information content (AvgIpc) is 2.81. The molecule has 0 atom stereocenters. The summed E-state index contributed by atoms with van der Waals surface area (Å²) in [7, 11) is 0. The van der Waals surface area contributed by atoms with Crippen molar-refractivity contribution in [1.29, 1.82) is 0 Å². The maximum atomic E-state index is 12.4. The molecule has 3 aromatic rings. The lowest BCUT2D eigenvalue weighted by Gasteiger charge is -2.13. The van der Waals surface area contributed by atoms with Crippen molar-refractivity contribution < 1.29 is 14.3 Å². The number of carbonyl (C=O) groups is 1. The van der Waals surface area contributed by atoms with Gasteiger partial charge in [0, 0.05) is 5.69 Å². The number of benzene rings is 3. The van der Waals surface area contributed by atoms with Gasteiger partial charge in [-0.3, -0.25) is 4.79 Å². The van der Waals surface area contributed by atoms with Gasteiger partial charge in [-0.25, -0.2) is 0 Å². The molecule has 2 N–H and O–H groups in total. The van der Waals surface area contributed by atoms with Crippen LogP contribution in [0.3, 0.4) is 0 Å². The minimum atomic E-state index is -0.133. The minimum Gasteiger partial charge on any atom is -0.494 e. The third kappa shape index (κ3) is 7.70. The molecule has 31 heavy (non-hydrogen) atoms. The highest BCUT2D eigenvalue weighted by atomic mass is 16.5. The van der Waals surface area contributed by atoms with E-state index in [0.717, 1.165) is 30.7 Å². The van der Waals surface area contributed by atoms with Crippen LogP contribution in [0.25, 0.3) is 0 Å². The van der Waals surface area contributed by atoms with E-state index in [0.29, 0.717) is 24.7 Å². The molecule has 5 heteroatoms. The van der Waals surface area contributed by atoms with Crippen LogP contribution in [0.1, 0.15) is 25.3 Å². The van der Waals surface area contributed by atoms with Gasteiger partial charge in [0.25, 0.3) is 0 Å². The summed E-state index contributed by atoms with van der Waals surface area (Å²) in [6, 6.07) is 25.5. The molecule has 0 aliphatic rings. The van der Waals surface area contributed by atoms with E-state index in [2.05, 4.69) is 29.7 Å². The summed E-state index contributed by atoms with van der Waals surface area (Å²) in [5, 5.41) is 6.06. The van der Waals surface area contributed by atoms with Gasteiger partial charge in [0.2, 0.25) is 5.91 Å². The van der Waals surface area contributed by atoms with Gasteiger partial charge < -0.3 is 20.1 Å². The molecule has 0 saturated carbocycles. The Labute approximate surface area is 184 Å². The van der Waals surface area contributed by atoms with Gasteiger partial charge >= 0.3 is 0 Å². The number of para-hydroxylation sites is 2. The Morgan fingerprint density at radius 1 is 0.839 bits per heavy atom. The first-order valence-corrected chi connectivity index (χ1v) is 10.8. The van der Waals surface area contributed by atoms with Gasteiger partial charge in [-0.15, -0.1) is 0 Å². The van der Waals surface area contributed by atoms with E-state index in [1.54, 1.807) is 0 Å². The second kappa shape index (κ2) is 12.3. The Balaban J connectivity index is 1.44. The summed E-state index contributed by atoms with van der Waals surface area (Å²) >= 11 is 0. The van der Waals surface area contributed by atoms with Crippen LogP contribution in [0, 0.1) is 0 Å². The Morgan fingerprint density at radius 3 is 2.35 bits per heavy atom. The lowest BCUT2D eigenvalue weighted by Crippen LogP contribution is -2.22. The molecule has 0 heterocycles. The fourth-order valence-corrected chi connectivity index (χ4v) is 3.06. The molecule has 3 aromatic carbocycles. The van der Waals surface area contributed by atoms with Gasteiger partial charge in [0.05, 0.1) is 25.4 Å². The first-order chi connectivity index (χ1) is 15.2. The van der Waals surface area contributed by atoms with Crippen LogP contribution < -0.4 is 20.1 Å². The first kappa shape index (κ1) is 22.2. The fraction of sp³-hybridized carbons (Fsp3) is 0.269. The summed E-state index contributed by atoms with van der Waals surface area (Å²) in [5.74, 6) is 1.38. The predicted octanol–water partition coefficient (Wildman–Crippen LogP) is 5.54. The van der Waals surface area contributed by atoms with Crippen molar-refractivity contribution in [3.63, 3.8) is 0 Å². The second-order valence-corrected chi connectivity index (χ2v) is 7.21. The maximum absolute atomic E-state index is 12.4. The van der Waals surface area contributed by atoms with Crippen LogP contribution in [0.15, 0.2) is 78.9 Å². The van der Waals surface area contributed by atoms with E-state index >= 15 is 0 Å². The summed E-state index contributed by atoms with van der Waals surface area (Å²) < 4.78 is 11.5. The average molecular weight is 419 g/mol. The predicted molar refractivity (Wildman–Crippen MR) is 126 cm³/mol. The molecular formula is C26H30N2O3. The molecule has 0 bridgehead atoms. The zero-order chi connectivity index (χ0) is 21.7. The normalized spacial score (nSPS) is 10.4. The Kier molecular flexibility index (Phi) is 8.80. The molecule has 0 aliphatic carbocycles. The molecule has 0 saturated heterocycles. The van der Waals surface area contributed by atoms with Crippen molar-refractivity contribution in [2.75, 3.05) is 30.4 Å². The fourth-order valence-electron chi connectivity index (χ4n) is 3.06. The van der Waals surface area contributed by atoms with E-state index in [1.165, 1.54) is 5.56 Å². The molecule has 0 aromatic heterocycles. The molecule has 0 aliphatic heterocycles. The first-order valence-electron chi connectivity index (χ1n) is 10.8. The highest BCUT2D eigenvalue weighted by Gasteiger charge is 2.08. The van der Waals surface area contributed by atoms with E-state index in [4.69, 9.17) is 9.47 Å². The Morgan fingerprint density at radius 2 is 1.58 bits per heavy atom. The van der Waals surface area contributed by atoms with Gasteiger partial charge in [0.1, 0.15) is 11.5 Å². The molecule has 0 radical (unpaired) electrons. The van der Waals surface area contributed by atoms with E-state index in [-0.39, 0.29) is 12.5 Å². The molecule has 0 spiro atoms. The Bertz CT molecular complexity index is 927. The number of rotatable bonds is 12. The van der Waals surface area contributed by atoms with Gasteiger partial charge in [0.15, 0.2) is 0 Å². The minimum absolute atomic E-state index is 0.133. The third-order valence-electron chi connectivity index (χ3n) is 4.65. The van der Waals surface area contributed by atoms with Crippen LogP contribution >= 0.6 is 0 Å². The molecular weight excluding hydrogens is 388 g/mol. The summed E-state index contributed by atoms with van der Waals surface area (Å²) in [5.41, 5.74) is 2.84. The number of carbonyl (C=O) groups excluding carboxylic acids is 1. The van der Waals surface area contributed by atoms with Crippen LogP contribution in [0.4, 0.5) is 11.4 Å². The molecule has 162 valence electrons. The van der Waals surface area contributed by atoms with E-state index in [9.17, 15) is 4.79 Å². The topological polar surface area (TPSA) is 59.6 Å². The molecule has 0 unspecified atom stereocenters. The van der Waals surface area contributed by atoms with Gasteiger partial charge in [-0.2, -0.15) is 0 Å². The highest BCUT2D eigenvalue weighted by Crippen LogP contribution is 2.24. The summed E-state index contributed by atoms with van der Waals surface area (Å²) in [6.45, 7) is 3.52. The van der Waals surface area contributed by atoms with Crippen molar-refractivity contribution in [3.05, 3.63) is 84.4 Å². The second-order valence-electron chi connectivity index (χ2n) is 7.21. The van der Waals surface area contributed by atoms with Crippen molar-refractivity contribution >= 4 is 17.3 Å². The number of hydrogen-bond donors (Lipinski definition) is 2. The SMILES string of the molecule is CCCOc1ccc(NCC(=O)Nc2ccccc2OCCCc2ccccc2)cc1. The number of aryl methyl sites for hydroxylation is 1. The lowest BCUT2D eigenvalue weighted by molar-refractivity contribution is -0.114. The standard InChI is InChI=1S/C26H30N2O3/c1-2-18-30-23-16-14-22(15-17-23)27-20-26(29)28-24-12-6-7-13-25(24)31-19-8-11-21-9-4-3-5-10-21/h3-7,9-10,12-17,27H,2,8,11,18-20H2,1H3,(H,28,29). The van der Waals surface area contributed by atoms with Gasteiger partial charge in [-0.05, 0) is 61.2 Å².